The number of carbonyl (C=O) groups is 1. The van der Waals surface area contributed by atoms with E-state index in [1.807, 2.05) is 0 Å². The lowest BCUT2D eigenvalue weighted by Gasteiger charge is -2.21. The summed E-state index contributed by atoms with van der Waals surface area (Å²) in [5.74, 6) is -1.02. The molecule has 0 saturated carbocycles. The SMILES string of the molecule is CC(C)(S)C(N)C(=O)O.Cl.O. The van der Waals surface area contributed by atoms with E-state index in [-0.39, 0.29) is 17.9 Å². The molecule has 0 aliphatic carbocycles. The maximum absolute atomic E-state index is 10.2. The van der Waals surface area contributed by atoms with Crippen LogP contribution in [0.1, 0.15) is 13.8 Å². The van der Waals surface area contributed by atoms with Gasteiger partial charge in [0.05, 0.1) is 0 Å². The van der Waals surface area contributed by atoms with Crippen LogP contribution in [-0.2, 0) is 4.79 Å². The van der Waals surface area contributed by atoms with Gasteiger partial charge in [-0.3, -0.25) is 4.79 Å². The van der Waals surface area contributed by atoms with Gasteiger partial charge in [0.2, 0.25) is 0 Å². The van der Waals surface area contributed by atoms with Crippen LogP contribution in [0.15, 0.2) is 0 Å². The highest BCUT2D eigenvalue weighted by Gasteiger charge is 2.27. The fourth-order valence-electron chi connectivity index (χ4n) is 0.302. The first kappa shape index (κ1) is 17.2. The second kappa shape index (κ2) is 5.65. The molecule has 5 N–H and O–H groups in total. The zero-order chi connectivity index (χ0) is 7.65. The van der Waals surface area contributed by atoms with Crippen molar-refractivity contribution >= 4 is 31.0 Å². The lowest BCUT2D eigenvalue weighted by atomic mass is 10.1. The van der Waals surface area contributed by atoms with Crippen molar-refractivity contribution in [3.8, 4) is 0 Å². The first-order chi connectivity index (χ1) is 3.85. The fourth-order valence-corrected chi connectivity index (χ4v) is 0.413. The lowest BCUT2D eigenvalue weighted by Crippen LogP contribution is -2.45. The van der Waals surface area contributed by atoms with Crippen LogP contribution in [0.25, 0.3) is 0 Å². The molecule has 0 spiro atoms. The summed E-state index contributed by atoms with van der Waals surface area (Å²) in [5.41, 5.74) is 5.22. The normalized spacial score (nSPS) is 12.4. The molecule has 0 aromatic carbocycles. The Morgan fingerprint density at radius 1 is 1.64 bits per heavy atom. The van der Waals surface area contributed by atoms with Crippen molar-refractivity contribution in [3.63, 3.8) is 0 Å². The summed E-state index contributed by atoms with van der Waals surface area (Å²) in [6, 6.07) is -0.902. The summed E-state index contributed by atoms with van der Waals surface area (Å²) >= 11 is 3.98. The Balaban J connectivity index is -0.000000320. The molecule has 0 heterocycles. The average molecular weight is 204 g/mol. The molecular formula is C5H14ClNO3S. The van der Waals surface area contributed by atoms with Crippen molar-refractivity contribution < 1.29 is 15.4 Å². The summed E-state index contributed by atoms with van der Waals surface area (Å²) in [7, 11) is 0. The smallest absolute Gasteiger partial charge is 0.321 e. The highest BCUT2D eigenvalue weighted by Crippen LogP contribution is 2.15. The molecule has 0 aromatic heterocycles. The van der Waals surface area contributed by atoms with Gasteiger partial charge in [-0.15, -0.1) is 12.4 Å². The van der Waals surface area contributed by atoms with Gasteiger partial charge in [0.1, 0.15) is 6.04 Å². The molecule has 0 saturated heterocycles. The summed E-state index contributed by atoms with van der Waals surface area (Å²) in [6.45, 7) is 3.32. The van der Waals surface area contributed by atoms with Crippen molar-refractivity contribution in [3.05, 3.63) is 0 Å². The number of hydrogen-bond donors (Lipinski definition) is 3. The summed E-state index contributed by atoms with van der Waals surface area (Å²) in [6.07, 6.45) is 0. The molecule has 1 atom stereocenters. The van der Waals surface area contributed by atoms with Crippen LogP contribution in [-0.4, -0.2) is 27.3 Å². The first-order valence-corrected chi connectivity index (χ1v) is 3.01. The Bertz CT molecular complexity index is 125. The number of carboxylic acids is 1. The number of aliphatic carboxylic acids is 1. The third kappa shape index (κ3) is 6.43. The van der Waals surface area contributed by atoms with E-state index in [2.05, 4.69) is 12.6 Å². The predicted molar refractivity (Wildman–Crippen MR) is 49.5 cm³/mol. The van der Waals surface area contributed by atoms with E-state index >= 15 is 0 Å². The second-order valence-corrected chi connectivity index (χ2v) is 3.62. The maximum atomic E-state index is 10.2. The van der Waals surface area contributed by atoms with Gasteiger partial charge >= 0.3 is 5.97 Å². The molecule has 0 aliphatic heterocycles. The zero-order valence-electron chi connectivity index (χ0n) is 6.37. The molecule has 1 unspecified atom stereocenters. The topological polar surface area (TPSA) is 94.8 Å². The Morgan fingerprint density at radius 2 is 1.91 bits per heavy atom. The van der Waals surface area contributed by atoms with E-state index in [0.29, 0.717) is 0 Å². The largest absolute Gasteiger partial charge is 0.480 e. The van der Waals surface area contributed by atoms with Crippen LogP contribution in [0.4, 0.5) is 0 Å². The monoisotopic (exact) mass is 203 g/mol. The van der Waals surface area contributed by atoms with Gasteiger partial charge in [0, 0.05) is 4.75 Å². The van der Waals surface area contributed by atoms with Gasteiger partial charge in [-0.1, -0.05) is 0 Å². The minimum atomic E-state index is -1.02. The van der Waals surface area contributed by atoms with Crippen LogP contribution in [0.5, 0.6) is 0 Å². The molecule has 6 heteroatoms. The number of halogens is 1. The number of hydrogen-bond acceptors (Lipinski definition) is 3. The Kier molecular flexibility index (Phi) is 8.84. The van der Waals surface area contributed by atoms with Crippen molar-refractivity contribution in [1.29, 1.82) is 0 Å². The molecule has 11 heavy (non-hydrogen) atoms. The molecule has 0 fully saturated rings. The Labute approximate surface area is 77.3 Å². The van der Waals surface area contributed by atoms with Gasteiger partial charge < -0.3 is 16.3 Å². The number of rotatable bonds is 2. The van der Waals surface area contributed by atoms with Crippen LogP contribution in [0.3, 0.4) is 0 Å². The van der Waals surface area contributed by atoms with Crippen molar-refractivity contribution in [1.82, 2.24) is 0 Å². The van der Waals surface area contributed by atoms with Crippen molar-refractivity contribution in [2.24, 2.45) is 5.73 Å². The molecule has 0 bridgehead atoms. The molecule has 0 rings (SSSR count). The maximum Gasteiger partial charge on any atom is 0.321 e. The Hall–Kier alpha value is 0.0300. The fraction of sp³-hybridized carbons (Fsp3) is 0.800. The highest BCUT2D eigenvalue weighted by molar-refractivity contribution is 7.81. The average Bonchev–Trinajstić information content (AvgIpc) is 1.62. The van der Waals surface area contributed by atoms with Crippen LogP contribution < -0.4 is 5.73 Å². The number of thiol groups is 1. The van der Waals surface area contributed by atoms with Crippen molar-refractivity contribution in [2.45, 2.75) is 24.6 Å². The third-order valence-corrected chi connectivity index (χ3v) is 1.31. The predicted octanol–water partition coefficient (Wildman–Crippen LogP) is -0.296. The van der Waals surface area contributed by atoms with Gasteiger partial charge in [0.15, 0.2) is 0 Å². The standard InChI is InChI=1S/C5H11NO2S.ClH.H2O/c1-5(2,9)3(6)4(7)8;;/h3,9H,6H2,1-2H3,(H,7,8);1H;1H2. The van der Waals surface area contributed by atoms with Gasteiger partial charge in [0.25, 0.3) is 0 Å². The van der Waals surface area contributed by atoms with Crippen molar-refractivity contribution in [2.75, 3.05) is 0 Å². The van der Waals surface area contributed by atoms with Gasteiger partial charge in [-0.05, 0) is 13.8 Å². The molecule has 0 aromatic rings. The van der Waals surface area contributed by atoms with E-state index in [4.69, 9.17) is 10.8 Å². The summed E-state index contributed by atoms with van der Waals surface area (Å²) in [4.78, 5) is 10.2. The number of carboxylic acid groups (broad SMARTS) is 1. The Morgan fingerprint density at radius 3 is 1.91 bits per heavy atom. The van der Waals surface area contributed by atoms with E-state index in [1.165, 1.54) is 0 Å². The van der Waals surface area contributed by atoms with Crippen LogP contribution in [0.2, 0.25) is 0 Å². The minimum absolute atomic E-state index is 0. The lowest BCUT2D eigenvalue weighted by molar-refractivity contribution is -0.139. The summed E-state index contributed by atoms with van der Waals surface area (Å²) in [5, 5.41) is 8.34. The van der Waals surface area contributed by atoms with E-state index < -0.39 is 16.8 Å². The highest BCUT2D eigenvalue weighted by atomic mass is 35.5. The van der Waals surface area contributed by atoms with E-state index in [1.54, 1.807) is 13.8 Å². The van der Waals surface area contributed by atoms with Crippen LogP contribution >= 0.6 is 25.0 Å². The van der Waals surface area contributed by atoms with E-state index in [0.717, 1.165) is 0 Å². The van der Waals surface area contributed by atoms with Crippen LogP contribution in [0, 0.1) is 0 Å². The first-order valence-electron chi connectivity index (χ1n) is 2.56. The third-order valence-electron chi connectivity index (χ3n) is 1.03. The number of nitrogens with two attached hydrogens (primary N) is 1. The molecule has 4 nitrogen and oxygen atoms in total. The molecule has 0 aliphatic rings. The second-order valence-electron chi connectivity index (χ2n) is 2.47. The van der Waals surface area contributed by atoms with E-state index in [9.17, 15) is 4.79 Å². The quantitative estimate of drug-likeness (QED) is 0.538. The molecule has 70 valence electrons. The summed E-state index contributed by atoms with van der Waals surface area (Å²) < 4.78 is -0.647. The molecule has 0 amide bonds. The molecular weight excluding hydrogens is 190 g/mol. The van der Waals surface area contributed by atoms with Gasteiger partial charge in [-0.2, -0.15) is 12.6 Å². The van der Waals surface area contributed by atoms with Gasteiger partial charge in [-0.25, -0.2) is 0 Å². The minimum Gasteiger partial charge on any atom is -0.480 e. The molecule has 0 radical (unpaired) electrons. The zero-order valence-corrected chi connectivity index (χ0v) is 8.08.